The zero-order valence-corrected chi connectivity index (χ0v) is 12.7. The number of nitrogens with zero attached hydrogens (tertiary/aromatic N) is 1. The second kappa shape index (κ2) is 5.44. The Bertz CT molecular complexity index is 672. The lowest BCUT2D eigenvalue weighted by atomic mass is 10.0. The molecule has 2 aliphatic rings. The Morgan fingerprint density at radius 1 is 1.09 bits per heavy atom. The lowest BCUT2D eigenvalue weighted by molar-refractivity contribution is 0.171. The Morgan fingerprint density at radius 2 is 1.82 bits per heavy atom. The summed E-state index contributed by atoms with van der Waals surface area (Å²) in [5.41, 5.74) is 3.64. The van der Waals surface area contributed by atoms with Gasteiger partial charge in [-0.1, -0.05) is 30.3 Å². The fourth-order valence-electron chi connectivity index (χ4n) is 3.31. The molecule has 0 amide bonds. The van der Waals surface area contributed by atoms with Gasteiger partial charge in [-0.3, -0.25) is 0 Å². The van der Waals surface area contributed by atoms with Crippen molar-refractivity contribution in [2.45, 2.75) is 13.0 Å². The van der Waals surface area contributed by atoms with E-state index in [1.807, 2.05) is 0 Å². The van der Waals surface area contributed by atoms with Crippen molar-refractivity contribution in [3.8, 4) is 11.5 Å². The minimum atomic E-state index is 0.334. The Morgan fingerprint density at radius 3 is 2.55 bits per heavy atom. The van der Waals surface area contributed by atoms with Gasteiger partial charge in [-0.05, 0) is 12.5 Å². The first-order valence-corrected chi connectivity index (χ1v) is 7.86. The molecule has 0 aliphatic carbocycles. The summed E-state index contributed by atoms with van der Waals surface area (Å²) in [6.45, 7) is 5.28. The maximum atomic E-state index is 5.74. The molecule has 2 aromatic rings. The molecule has 0 aromatic heterocycles. The summed E-state index contributed by atoms with van der Waals surface area (Å²) in [7, 11) is 0. The number of hydrogen-bond acceptors (Lipinski definition) is 4. The summed E-state index contributed by atoms with van der Waals surface area (Å²) < 4.78 is 11.4. The van der Waals surface area contributed by atoms with E-state index in [1.54, 1.807) is 0 Å². The summed E-state index contributed by atoms with van der Waals surface area (Å²) in [6, 6.07) is 15.1. The number of benzene rings is 2. The van der Waals surface area contributed by atoms with Crippen LogP contribution < -0.4 is 19.7 Å². The highest BCUT2D eigenvalue weighted by atomic mass is 16.6. The molecule has 114 valence electrons. The monoisotopic (exact) mass is 296 g/mol. The maximum Gasteiger partial charge on any atom is 0.163 e. The molecule has 2 aromatic carbocycles. The van der Waals surface area contributed by atoms with Crippen molar-refractivity contribution in [3.05, 3.63) is 48.0 Å². The van der Waals surface area contributed by atoms with Crippen LogP contribution in [0.1, 0.15) is 18.5 Å². The SMILES string of the molecule is CCN1c2cc3c(cc2NCC1c1ccccc1)OCCO3. The van der Waals surface area contributed by atoms with Gasteiger partial charge < -0.3 is 19.7 Å². The Hall–Kier alpha value is -2.36. The number of hydrogen-bond donors (Lipinski definition) is 1. The van der Waals surface area contributed by atoms with Gasteiger partial charge in [-0.15, -0.1) is 0 Å². The number of rotatable bonds is 2. The molecule has 4 heteroatoms. The zero-order chi connectivity index (χ0) is 14.9. The first kappa shape index (κ1) is 13.3. The molecular weight excluding hydrogens is 276 g/mol. The standard InChI is InChI=1S/C18H20N2O2/c1-2-20-15-11-18-17(21-8-9-22-18)10-14(15)19-12-16(20)13-6-4-3-5-7-13/h3-7,10-11,16,19H,2,8-9,12H2,1H3. The van der Waals surface area contributed by atoms with Crippen LogP contribution in [0.2, 0.25) is 0 Å². The van der Waals surface area contributed by atoms with Crippen LogP contribution >= 0.6 is 0 Å². The topological polar surface area (TPSA) is 33.7 Å². The van der Waals surface area contributed by atoms with Crippen molar-refractivity contribution in [2.24, 2.45) is 0 Å². The lowest BCUT2D eigenvalue weighted by Crippen LogP contribution is -2.37. The minimum absolute atomic E-state index is 0.334. The molecule has 1 unspecified atom stereocenters. The van der Waals surface area contributed by atoms with Crippen LogP contribution in [0, 0.1) is 0 Å². The zero-order valence-electron chi connectivity index (χ0n) is 12.7. The summed E-state index contributed by atoms with van der Waals surface area (Å²) in [5.74, 6) is 1.69. The molecule has 0 fully saturated rings. The van der Waals surface area contributed by atoms with Crippen LogP contribution in [-0.2, 0) is 0 Å². The number of fused-ring (bicyclic) bond motifs is 2. The van der Waals surface area contributed by atoms with Gasteiger partial charge in [0, 0.05) is 25.2 Å². The van der Waals surface area contributed by atoms with Gasteiger partial charge in [0.2, 0.25) is 0 Å². The Kier molecular flexibility index (Phi) is 3.29. The van der Waals surface area contributed by atoms with Gasteiger partial charge in [0.15, 0.2) is 11.5 Å². The molecule has 0 bridgehead atoms. The predicted molar refractivity (Wildman–Crippen MR) is 88.1 cm³/mol. The van der Waals surface area contributed by atoms with Gasteiger partial charge in [0.25, 0.3) is 0 Å². The molecule has 0 saturated heterocycles. The third-order valence-corrected chi connectivity index (χ3v) is 4.36. The molecule has 4 nitrogen and oxygen atoms in total. The molecule has 4 rings (SSSR count). The van der Waals surface area contributed by atoms with E-state index in [4.69, 9.17) is 9.47 Å². The number of likely N-dealkylation sites (N-methyl/N-ethyl adjacent to an activating group) is 1. The second-order valence-electron chi connectivity index (χ2n) is 5.61. The normalized spacial score (nSPS) is 19.3. The van der Waals surface area contributed by atoms with Crippen LogP contribution in [-0.4, -0.2) is 26.3 Å². The third kappa shape index (κ3) is 2.15. The molecule has 2 heterocycles. The van der Waals surface area contributed by atoms with E-state index in [2.05, 4.69) is 59.6 Å². The summed E-state index contributed by atoms with van der Waals surface area (Å²) in [5, 5.41) is 3.55. The van der Waals surface area contributed by atoms with Gasteiger partial charge in [0.05, 0.1) is 17.4 Å². The fourth-order valence-corrected chi connectivity index (χ4v) is 3.31. The van der Waals surface area contributed by atoms with Crippen molar-refractivity contribution in [2.75, 3.05) is 36.5 Å². The van der Waals surface area contributed by atoms with Crippen LogP contribution in [0.3, 0.4) is 0 Å². The van der Waals surface area contributed by atoms with Crippen molar-refractivity contribution >= 4 is 11.4 Å². The molecule has 0 spiro atoms. The first-order chi connectivity index (χ1) is 10.9. The summed E-state index contributed by atoms with van der Waals surface area (Å²) in [6.07, 6.45) is 0. The predicted octanol–water partition coefficient (Wildman–Crippen LogP) is 3.45. The number of nitrogens with one attached hydrogen (secondary N) is 1. The number of anilines is 2. The highest BCUT2D eigenvalue weighted by Crippen LogP contribution is 2.44. The van der Waals surface area contributed by atoms with Crippen LogP contribution in [0.25, 0.3) is 0 Å². The number of ether oxygens (including phenoxy) is 2. The van der Waals surface area contributed by atoms with Crippen molar-refractivity contribution in [3.63, 3.8) is 0 Å². The molecule has 1 N–H and O–H groups in total. The van der Waals surface area contributed by atoms with E-state index in [9.17, 15) is 0 Å². The molecule has 22 heavy (non-hydrogen) atoms. The molecule has 0 radical (unpaired) electrons. The third-order valence-electron chi connectivity index (χ3n) is 4.36. The van der Waals surface area contributed by atoms with Gasteiger partial charge in [0.1, 0.15) is 13.2 Å². The second-order valence-corrected chi connectivity index (χ2v) is 5.61. The largest absolute Gasteiger partial charge is 0.486 e. The average molecular weight is 296 g/mol. The van der Waals surface area contributed by atoms with E-state index in [0.717, 1.165) is 30.3 Å². The molecule has 2 aliphatic heterocycles. The van der Waals surface area contributed by atoms with Gasteiger partial charge in [-0.2, -0.15) is 0 Å². The minimum Gasteiger partial charge on any atom is -0.486 e. The van der Waals surface area contributed by atoms with Crippen LogP contribution in [0.15, 0.2) is 42.5 Å². The van der Waals surface area contributed by atoms with E-state index in [1.165, 1.54) is 11.3 Å². The molecule has 0 saturated carbocycles. The van der Waals surface area contributed by atoms with Crippen LogP contribution in [0.4, 0.5) is 11.4 Å². The summed E-state index contributed by atoms with van der Waals surface area (Å²) in [4.78, 5) is 2.43. The van der Waals surface area contributed by atoms with Gasteiger partial charge >= 0.3 is 0 Å². The maximum absolute atomic E-state index is 5.74. The Balaban J connectivity index is 1.75. The van der Waals surface area contributed by atoms with Crippen molar-refractivity contribution in [1.82, 2.24) is 0 Å². The lowest BCUT2D eigenvalue weighted by Gasteiger charge is -2.40. The molecule has 1 atom stereocenters. The average Bonchev–Trinajstić information content (AvgIpc) is 2.59. The van der Waals surface area contributed by atoms with E-state index in [-0.39, 0.29) is 0 Å². The quantitative estimate of drug-likeness (QED) is 0.920. The van der Waals surface area contributed by atoms with E-state index in [0.29, 0.717) is 19.3 Å². The highest BCUT2D eigenvalue weighted by Gasteiger charge is 2.28. The smallest absolute Gasteiger partial charge is 0.163 e. The van der Waals surface area contributed by atoms with E-state index >= 15 is 0 Å². The van der Waals surface area contributed by atoms with Crippen molar-refractivity contribution in [1.29, 1.82) is 0 Å². The van der Waals surface area contributed by atoms with Gasteiger partial charge in [-0.25, -0.2) is 0 Å². The molecular formula is C18H20N2O2. The highest BCUT2D eigenvalue weighted by molar-refractivity contribution is 5.78. The fraction of sp³-hybridized carbons (Fsp3) is 0.333. The Labute approximate surface area is 130 Å². The first-order valence-electron chi connectivity index (χ1n) is 7.86. The van der Waals surface area contributed by atoms with Crippen molar-refractivity contribution < 1.29 is 9.47 Å². The van der Waals surface area contributed by atoms with Crippen LogP contribution in [0.5, 0.6) is 11.5 Å². The summed E-state index contributed by atoms with van der Waals surface area (Å²) >= 11 is 0. The van der Waals surface area contributed by atoms with E-state index < -0.39 is 0 Å².